The molecule has 0 amide bonds. The fourth-order valence-electron chi connectivity index (χ4n) is 5.83. The quantitative estimate of drug-likeness (QED) is 0.128. The van der Waals surface area contributed by atoms with Crippen molar-refractivity contribution in [2.24, 2.45) is 10.3 Å². The maximum atomic E-state index is 11.7. The van der Waals surface area contributed by atoms with Crippen LogP contribution in [0, 0.1) is 0 Å². The highest BCUT2D eigenvalue weighted by Crippen LogP contribution is 2.55. The topological polar surface area (TPSA) is 77.3 Å². The Kier molecular flexibility index (Phi) is 9.87. The standard InChI is InChI=1S/C35H40N2O4/c1-6-8-19-35(20-9-7-2)32-22-28(27-13-11-10-12-14-27)15-17-30(32)31-18-16-29(23-33(31)35)34(37-41-26(5)39)21-24(3)36-40-25(4)38/h10-18,22-23H,6-9,19-21H2,1-5H3/b36-24+,37-34-. The van der Waals surface area contributed by atoms with Crippen LogP contribution >= 0.6 is 0 Å². The van der Waals surface area contributed by atoms with E-state index >= 15 is 0 Å². The van der Waals surface area contributed by atoms with E-state index in [4.69, 9.17) is 9.68 Å². The van der Waals surface area contributed by atoms with E-state index < -0.39 is 11.9 Å². The number of rotatable bonds is 12. The van der Waals surface area contributed by atoms with Crippen LogP contribution in [-0.4, -0.2) is 23.4 Å². The summed E-state index contributed by atoms with van der Waals surface area (Å²) in [5, 5.41) is 8.12. The zero-order valence-electron chi connectivity index (χ0n) is 24.8. The maximum absolute atomic E-state index is 11.7. The molecule has 0 heterocycles. The summed E-state index contributed by atoms with van der Waals surface area (Å²) in [6, 6.07) is 23.9. The van der Waals surface area contributed by atoms with Gasteiger partial charge in [-0.25, -0.2) is 9.59 Å². The van der Waals surface area contributed by atoms with Crippen LogP contribution in [0.1, 0.15) is 96.3 Å². The second-order valence-electron chi connectivity index (χ2n) is 10.9. The monoisotopic (exact) mass is 552 g/mol. The molecule has 3 aromatic rings. The molecule has 0 radical (unpaired) electrons. The number of oxime groups is 2. The lowest BCUT2D eigenvalue weighted by molar-refractivity contribution is -0.141. The van der Waals surface area contributed by atoms with Crippen molar-refractivity contribution in [2.45, 2.75) is 85.0 Å². The van der Waals surface area contributed by atoms with Crippen LogP contribution in [-0.2, 0) is 24.7 Å². The number of fused-ring (bicyclic) bond motifs is 3. The van der Waals surface area contributed by atoms with E-state index in [-0.39, 0.29) is 11.8 Å². The van der Waals surface area contributed by atoms with Crippen molar-refractivity contribution in [3.8, 4) is 22.3 Å². The highest BCUT2D eigenvalue weighted by molar-refractivity contribution is 6.12. The molecule has 0 fully saturated rings. The summed E-state index contributed by atoms with van der Waals surface area (Å²) in [6.07, 6.45) is 6.82. The molecule has 1 aliphatic rings. The molecule has 4 rings (SSSR count). The second kappa shape index (κ2) is 13.5. The molecule has 1 aliphatic carbocycles. The number of carbonyl (C=O) groups excluding carboxylic acids is 2. The van der Waals surface area contributed by atoms with Gasteiger partial charge in [-0.2, -0.15) is 0 Å². The third kappa shape index (κ3) is 6.82. The van der Waals surface area contributed by atoms with Gasteiger partial charge in [0.2, 0.25) is 0 Å². The van der Waals surface area contributed by atoms with Gasteiger partial charge in [-0.3, -0.25) is 0 Å². The highest BCUT2D eigenvalue weighted by atomic mass is 16.7. The Labute approximate surface area is 243 Å². The maximum Gasteiger partial charge on any atom is 0.331 e. The van der Waals surface area contributed by atoms with E-state index in [1.165, 1.54) is 47.2 Å². The molecule has 0 bridgehead atoms. The number of hydrogen-bond acceptors (Lipinski definition) is 6. The molecule has 0 saturated heterocycles. The first-order chi connectivity index (χ1) is 19.8. The van der Waals surface area contributed by atoms with Crippen molar-refractivity contribution in [1.29, 1.82) is 0 Å². The lowest BCUT2D eigenvalue weighted by Gasteiger charge is -2.33. The third-order valence-corrected chi connectivity index (χ3v) is 7.75. The van der Waals surface area contributed by atoms with Gasteiger partial charge in [0.15, 0.2) is 0 Å². The molecule has 0 atom stereocenters. The number of nitrogens with zero attached hydrogens (tertiary/aromatic N) is 2. The predicted octanol–water partition coefficient (Wildman–Crippen LogP) is 8.60. The molecule has 214 valence electrons. The van der Waals surface area contributed by atoms with Gasteiger partial charge in [0.05, 0.1) is 11.4 Å². The van der Waals surface area contributed by atoms with Crippen molar-refractivity contribution in [3.05, 3.63) is 83.4 Å². The van der Waals surface area contributed by atoms with Gasteiger partial charge < -0.3 is 9.68 Å². The second-order valence-corrected chi connectivity index (χ2v) is 10.9. The Hall–Kier alpha value is -4.06. The highest BCUT2D eigenvalue weighted by Gasteiger charge is 2.42. The van der Waals surface area contributed by atoms with E-state index in [1.807, 2.05) is 6.07 Å². The first kappa shape index (κ1) is 29.9. The molecule has 6 nitrogen and oxygen atoms in total. The number of benzene rings is 3. The van der Waals surface area contributed by atoms with Crippen LogP contribution in [0.2, 0.25) is 0 Å². The molecule has 41 heavy (non-hydrogen) atoms. The summed E-state index contributed by atoms with van der Waals surface area (Å²) in [5.74, 6) is -0.996. The van der Waals surface area contributed by atoms with Crippen molar-refractivity contribution in [3.63, 3.8) is 0 Å². The zero-order valence-corrected chi connectivity index (χ0v) is 24.8. The lowest BCUT2D eigenvalue weighted by Crippen LogP contribution is -2.26. The first-order valence-electron chi connectivity index (χ1n) is 14.6. The van der Waals surface area contributed by atoms with Crippen LogP contribution in [0.3, 0.4) is 0 Å². The number of unbranched alkanes of at least 4 members (excludes halogenated alkanes) is 2. The fourth-order valence-corrected chi connectivity index (χ4v) is 5.83. The molecule has 0 unspecified atom stereocenters. The smallest absolute Gasteiger partial charge is 0.319 e. The van der Waals surface area contributed by atoms with E-state index in [0.29, 0.717) is 11.4 Å². The summed E-state index contributed by atoms with van der Waals surface area (Å²) in [4.78, 5) is 32.9. The van der Waals surface area contributed by atoms with Gasteiger partial charge in [-0.05, 0) is 65.3 Å². The van der Waals surface area contributed by atoms with Crippen molar-refractivity contribution < 1.29 is 19.3 Å². The van der Waals surface area contributed by atoms with E-state index in [0.717, 1.165) is 44.1 Å². The largest absolute Gasteiger partial charge is 0.331 e. The minimum Gasteiger partial charge on any atom is -0.319 e. The van der Waals surface area contributed by atoms with Crippen molar-refractivity contribution in [2.75, 3.05) is 0 Å². The summed E-state index contributed by atoms with van der Waals surface area (Å²) >= 11 is 0. The van der Waals surface area contributed by atoms with Crippen LogP contribution < -0.4 is 0 Å². The predicted molar refractivity (Wildman–Crippen MR) is 165 cm³/mol. The molecular formula is C35H40N2O4. The van der Waals surface area contributed by atoms with Gasteiger partial charge in [0.1, 0.15) is 0 Å². The molecule has 0 aliphatic heterocycles. The van der Waals surface area contributed by atoms with Gasteiger partial charge in [0, 0.05) is 31.2 Å². The third-order valence-electron chi connectivity index (χ3n) is 7.75. The number of carbonyl (C=O) groups is 2. The molecular weight excluding hydrogens is 512 g/mol. The van der Waals surface area contributed by atoms with Gasteiger partial charge >= 0.3 is 11.9 Å². The minimum absolute atomic E-state index is 0.134. The average Bonchev–Trinajstić information content (AvgIpc) is 3.24. The fraction of sp³-hybridized carbons (Fsp3) is 0.371. The van der Waals surface area contributed by atoms with E-state index in [9.17, 15) is 9.59 Å². The van der Waals surface area contributed by atoms with Gasteiger partial charge in [-0.15, -0.1) is 0 Å². The first-order valence-corrected chi connectivity index (χ1v) is 14.6. The van der Waals surface area contributed by atoms with Crippen molar-refractivity contribution >= 4 is 23.4 Å². The van der Waals surface area contributed by atoms with Gasteiger partial charge in [0.25, 0.3) is 0 Å². The zero-order chi connectivity index (χ0) is 29.4. The SMILES string of the molecule is CCCCC1(CCCC)c2cc(/C(C/C(C)=N/OC(C)=O)=N\OC(C)=O)ccc2-c2ccc(-c3ccccc3)cc21. The Morgan fingerprint density at radius 2 is 1.29 bits per heavy atom. The summed E-state index contributed by atoms with van der Waals surface area (Å²) in [5.41, 5.74) is 9.47. The Morgan fingerprint density at radius 1 is 0.707 bits per heavy atom. The number of hydrogen-bond donors (Lipinski definition) is 0. The minimum atomic E-state index is -0.501. The van der Waals surface area contributed by atoms with E-state index in [1.54, 1.807) is 6.92 Å². The van der Waals surface area contributed by atoms with Crippen LogP contribution in [0.15, 0.2) is 77.0 Å². The van der Waals surface area contributed by atoms with Crippen LogP contribution in [0.5, 0.6) is 0 Å². The Balaban J connectivity index is 1.87. The molecule has 6 heteroatoms. The normalized spacial score (nSPS) is 13.9. The molecule has 0 spiro atoms. The van der Waals surface area contributed by atoms with Crippen molar-refractivity contribution in [1.82, 2.24) is 0 Å². The molecule has 0 saturated carbocycles. The molecule has 3 aromatic carbocycles. The van der Waals surface area contributed by atoms with Crippen LogP contribution in [0.25, 0.3) is 22.3 Å². The molecule has 0 N–H and O–H groups in total. The molecule has 0 aromatic heterocycles. The van der Waals surface area contributed by atoms with Crippen LogP contribution in [0.4, 0.5) is 0 Å². The van der Waals surface area contributed by atoms with Gasteiger partial charge in [-0.1, -0.05) is 104 Å². The summed E-state index contributed by atoms with van der Waals surface area (Å²) in [6.45, 7) is 8.88. The van der Waals surface area contributed by atoms with E-state index in [2.05, 4.69) is 84.8 Å². The average molecular weight is 553 g/mol. The Morgan fingerprint density at radius 3 is 1.90 bits per heavy atom. The lowest BCUT2D eigenvalue weighted by atomic mass is 9.70. The summed E-state index contributed by atoms with van der Waals surface area (Å²) < 4.78 is 0. The summed E-state index contributed by atoms with van der Waals surface area (Å²) in [7, 11) is 0. The Bertz CT molecular complexity index is 1450.